The third-order valence-corrected chi connectivity index (χ3v) is 4.00. The van der Waals surface area contributed by atoms with E-state index in [1.807, 2.05) is 18.2 Å². The highest BCUT2D eigenvalue weighted by atomic mass is 16.5. The zero-order valence-electron chi connectivity index (χ0n) is 12.0. The third kappa shape index (κ3) is 3.39. The van der Waals surface area contributed by atoms with Crippen LogP contribution in [0.25, 0.3) is 0 Å². The molecule has 0 aromatic heterocycles. The van der Waals surface area contributed by atoms with E-state index in [-0.39, 0.29) is 0 Å². The van der Waals surface area contributed by atoms with Gasteiger partial charge in [-0.3, -0.25) is 4.79 Å². The van der Waals surface area contributed by atoms with Crippen LogP contribution in [-0.4, -0.2) is 12.6 Å². The standard InChI is InChI=1S/C17H21NO2/c1-2-20-17(19)16(12-18)15-10-8-14(9-11-15)13-6-4-3-5-7-13/h8-11,13,16H,2-7H2,1H3/t16-/m0/s1. The molecule has 1 aliphatic rings. The van der Waals surface area contributed by atoms with Crippen LogP contribution in [0.3, 0.4) is 0 Å². The molecule has 0 radical (unpaired) electrons. The minimum atomic E-state index is -0.810. The van der Waals surface area contributed by atoms with Crippen LogP contribution in [0.1, 0.15) is 62.0 Å². The van der Waals surface area contributed by atoms with E-state index in [1.54, 1.807) is 6.92 Å². The SMILES string of the molecule is CCOC(=O)[C@@H](C#N)c1ccc(C2CCCCC2)cc1. The van der Waals surface area contributed by atoms with Gasteiger partial charge in [-0.15, -0.1) is 0 Å². The second-order valence-electron chi connectivity index (χ2n) is 5.32. The minimum absolute atomic E-state index is 0.303. The lowest BCUT2D eigenvalue weighted by atomic mass is 9.83. The number of carbonyl (C=O) groups is 1. The van der Waals surface area contributed by atoms with Crippen molar-refractivity contribution >= 4 is 5.97 Å². The Labute approximate surface area is 120 Å². The van der Waals surface area contributed by atoms with Gasteiger partial charge in [0.2, 0.25) is 0 Å². The Bertz CT molecular complexity index is 481. The smallest absolute Gasteiger partial charge is 0.327 e. The first-order chi connectivity index (χ1) is 9.76. The van der Waals surface area contributed by atoms with Crippen LogP contribution in [0.4, 0.5) is 0 Å². The number of esters is 1. The molecule has 3 heteroatoms. The van der Waals surface area contributed by atoms with Crippen molar-refractivity contribution in [3.05, 3.63) is 35.4 Å². The molecule has 1 saturated carbocycles. The molecule has 1 aromatic carbocycles. The highest BCUT2D eigenvalue weighted by Crippen LogP contribution is 2.33. The molecule has 1 atom stereocenters. The first kappa shape index (κ1) is 14.6. The lowest BCUT2D eigenvalue weighted by molar-refractivity contribution is -0.143. The van der Waals surface area contributed by atoms with Gasteiger partial charge in [-0.05, 0) is 36.8 Å². The van der Waals surface area contributed by atoms with Crippen molar-refractivity contribution in [2.75, 3.05) is 6.61 Å². The molecule has 1 aliphatic carbocycles. The maximum Gasteiger partial charge on any atom is 0.327 e. The van der Waals surface area contributed by atoms with Gasteiger partial charge in [0.25, 0.3) is 0 Å². The third-order valence-electron chi connectivity index (χ3n) is 4.00. The maximum absolute atomic E-state index is 11.7. The van der Waals surface area contributed by atoms with Crippen LogP contribution in [-0.2, 0) is 9.53 Å². The number of hydrogen-bond acceptors (Lipinski definition) is 3. The lowest BCUT2D eigenvalue weighted by Gasteiger charge is -2.22. The van der Waals surface area contributed by atoms with Gasteiger partial charge in [0.05, 0.1) is 12.7 Å². The number of nitriles is 1. The van der Waals surface area contributed by atoms with Crippen molar-refractivity contribution in [3.63, 3.8) is 0 Å². The lowest BCUT2D eigenvalue weighted by Crippen LogP contribution is -2.14. The Balaban J connectivity index is 2.10. The molecule has 0 aliphatic heterocycles. The maximum atomic E-state index is 11.7. The number of rotatable bonds is 4. The zero-order valence-corrected chi connectivity index (χ0v) is 12.0. The average Bonchev–Trinajstić information content (AvgIpc) is 2.50. The summed E-state index contributed by atoms with van der Waals surface area (Å²) in [5, 5.41) is 9.14. The van der Waals surface area contributed by atoms with Gasteiger partial charge in [0.1, 0.15) is 0 Å². The van der Waals surface area contributed by atoms with Crippen LogP contribution < -0.4 is 0 Å². The van der Waals surface area contributed by atoms with Crippen molar-refractivity contribution in [2.45, 2.75) is 50.9 Å². The minimum Gasteiger partial charge on any atom is -0.465 e. The van der Waals surface area contributed by atoms with Crippen LogP contribution in [0.15, 0.2) is 24.3 Å². The van der Waals surface area contributed by atoms with Crippen molar-refractivity contribution in [1.29, 1.82) is 5.26 Å². The van der Waals surface area contributed by atoms with Crippen LogP contribution >= 0.6 is 0 Å². The molecule has 0 heterocycles. The number of carbonyl (C=O) groups excluding carboxylic acids is 1. The Morgan fingerprint density at radius 2 is 1.95 bits per heavy atom. The molecular formula is C17H21NO2. The molecule has 0 unspecified atom stereocenters. The fraction of sp³-hybridized carbons (Fsp3) is 0.529. The topological polar surface area (TPSA) is 50.1 Å². The van der Waals surface area contributed by atoms with Gasteiger partial charge in [-0.25, -0.2) is 0 Å². The summed E-state index contributed by atoms with van der Waals surface area (Å²) >= 11 is 0. The Morgan fingerprint density at radius 1 is 1.30 bits per heavy atom. The summed E-state index contributed by atoms with van der Waals surface area (Å²) in [4.78, 5) is 11.7. The monoisotopic (exact) mass is 271 g/mol. The van der Waals surface area contributed by atoms with E-state index < -0.39 is 11.9 Å². The fourth-order valence-corrected chi connectivity index (χ4v) is 2.89. The normalized spacial score (nSPS) is 17.2. The first-order valence-corrected chi connectivity index (χ1v) is 7.42. The van der Waals surface area contributed by atoms with Crippen molar-refractivity contribution in [1.82, 2.24) is 0 Å². The van der Waals surface area contributed by atoms with E-state index in [1.165, 1.54) is 37.7 Å². The Hall–Kier alpha value is -1.82. The summed E-state index contributed by atoms with van der Waals surface area (Å²) < 4.78 is 4.93. The van der Waals surface area contributed by atoms with E-state index in [0.29, 0.717) is 12.5 Å². The number of ether oxygens (including phenoxy) is 1. The summed E-state index contributed by atoms with van der Waals surface area (Å²) in [6.07, 6.45) is 6.44. The summed E-state index contributed by atoms with van der Waals surface area (Å²) in [7, 11) is 0. The second kappa shape index (κ2) is 7.09. The summed E-state index contributed by atoms with van der Waals surface area (Å²) in [6, 6.07) is 9.95. The largest absolute Gasteiger partial charge is 0.465 e. The number of benzene rings is 1. The molecule has 3 nitrogen and oxygen atoms in total. The molecule has 1 fully saturated rings. The van der Waals surface area contributed by atoms with E-state index in [9.17, 15) is 4.79 Å². The molecule has 1 aromatic rings. The van der Waals surface area contributed by atoms with E-state index in [2.05, 4.69) is 12.1 Å². The molecule has 0 saturated heterocycles. The Morgan fingerprint density at radius 3 is 2.50 bits per heavy atom. The molecule has 0 spiro atoms. The van der Waals surface area contributed by atoms with Gasteiger partial charge in [0, 0.05) is 0 Å². The van der Waals surface area contributed by atoms with Gasteiger partial charge in [0.15, 0.2) is 5.92 Å². The number of nitrogens with zero attached hydrogens (tertiary/aromatic N) is 1. The average molecular weight is 271 g/mol. The predicted octanol–water partition coefficient (Wildman–Crippen LogP) is 3.90. The molecule has 106 valence electrons. The van der Waals surface area contributed by atoms with Crippen LogP contribution in [0.2, 0.25) is 0 Å². The molecule has 20 heavy (non-hydrogen) atoms. The molecule has 0 bridgehead atoms. The first-order valence-electron chi connectivity index (χ1n) is 7.42. The van der Waals surface area contributed by atoms with Crippen LogP contribution in [0, 0.1) is 11.3 Å². The fourth-order valence-electron chi connectivity index (χ4n) is 2.89. The van der Waals surface area contributed by atoms with E-state index >= 15 is 0 Å². The van der Waals surface area contributed by atoms with Crippen molar-refractivity contribution < 1.29 is 9.53 Å². The summed E-state index contributed by atoms with van der Waals surface area (Å²) in [5.41, 5.74) is 2.06. The predicted molar refractivity (Wildman–Crippen MR) is 77.3 cm³/mol. The molecule has 2 rings (SSSR count). The van der Waals surface area contributed by atoms with Crippen molar-refractivity contribution in [3.8, 4) is 6.07 Å². The summed E-state index contributed by atoms with van der Waals surface area (Å²) in [6.45, 7) is 2.05. The van der Waals surface area contributed by atoms with Gasteiger partial charge >= 0.3 is 5.97 Å². The molecule has 0 N–H and O–H groups in total. The molecular weight excluding hydrogens is 250 g/mol. The second-order valence-corrected chi connectivity index (χ2v) is 5.32. The van der Waals surface area contributed by atoms with Gasteiger partial charge in [-0.1, -0.05) is 43.5 Å². The van der Waals surface area contributed by atoms with Gasteiger partial charge < -0.3 is 4.74 Å². The quantitative estimate of drug-likeness (QED) is 0.780. The molecule has 0 amide bonds. The Kier molecular flexibility index (Phi) is 5.17. The van der Waals surface area contributed by atoms with Crippen LogP contribution in [0.5, 0.6) is 0 Å². The highest BCUT2D eigenvalue weighted by molar-refractivity contribution is 5.81. The van der Waals surface area contributed by atoms with Crippen molar-refractivity contribution in [2.24, 2.45) is 0 Å². The zero-order chi connectivity index (χ0) is 14.4. The number of hydrogen-bond donors (Lipinski definition) is 0. The van der Waals surface area contributed by atoms with Gasteiger partial charge in [-0.2, -0.15) is 5.26 Å². The summed E-state index contributed by atoms with van der Waals surface area (Å²) in [5.74, 6) is -0.628. The highest BCUT2D eigenvalue weighted by Gasteiger charge is 2.22. The van der Waals surface area contributed by atoms with E-state index in [4.69, 9.17) is 10.00 Å². The van der Waals surface area contributed by atoms with E-state index in [0.717, 1.165) is 5.56 Å².